The van der Waals surface area contributed by atoms with Crippen molar-refractivity contribution in [2.24, 2.45) is 0 Å². The predicted molar refractivity (Wildman–Crippen MR) is 280 cm³/mol. The summed E-state index contributed by atoms with van der Waals surface area (Å²) in [4.78, 5) is 93.2. The summed E-state index contributed by atoms with van der Waals surface area (Å²) in [7, 11) is 0. The highest BCUT2D eigenvalue weighted by Crippen LogP contribution is 2.36. The Labute approximate surface area is 461 Å². The molecule has 1 aromatic rings. The molecule has 26 nitrogen and oxygen atoms in total. The lowest BCUT2D eigenvalue weighted by atomic mass is 9.82. The van der Waals surface area contributed by atoms with Crippen molar-refractivity contribution in [1.29, 1.82) is 0 Å². The first-order chi connectivity index (χ1) is 36.4. The first-order valence-corrected chi connectivity index (χ1v) is 26.5. The molecular formula is C53H86N6O20. The summed E-state index contributed by atoms with van der Waals surface area (Å²) in [5.74, 6) is -2.47. The molecule has 2 saturated heterocycles. The van der Waals surface area contributed by atoms with Crippen molar-refractivity contribution in [3.63, 3.8) is 0 Å². The lowest BCUT2D eigenvalue weighted by Crippen LogP contribution is -2.71. The summed E-state index contributed by atoms with van der Waals surface area (Å²) in [5.41, 5.74) is -5.68. The number of ether oxygens (including phenoxy) is 9. The Morgan fingerprint density at radius 3 is 1.80 bits per heavy atom. The van der Waals surface area contributed by atoms with Gasteiger partial charge in [0.1, 0.15) is 71.2 Å². The predicted octanol–water partition coefficient (Wildman–Crippen LogP) is 2.64. The van der Waals surface area contributed by atoms with Crippen LogP contribution >= 0.6 is 0 Å². The van der Waals surface area contributed by atoms with Crippen LogP contribution in [0.15, 0.2) is 30.3 Å². The fraction of sp³-hybridized carbons (Fsp3) is 0.755. The molecule has 13 atom stereocenters. The van der Waals surface area contributed by atoms with Crippen molar-refractivity contribution in [2.45, 2.75) is 224 Å². The molecular weight excluding hydrogens is 1040 g/mol. The van der Waals surface area contributed by atoms with Crippen LogP contribution in [-0.2, 0) is 52.2 Å². The number of hydrogen-bond acceptors (Lipinski definition) is 21. The Hall–Kier alpha value is -5.45. The summed E-state index contributed by atoms with van der Waals surface area (Å²) in [6, 6.07) is 2.94. The monoisotopic (exact) mass is 1130 g/mol. The SMILES string of the molecule is CC(=O)N(C(=O)OC(C)(C)C)[C@@H]1[C@@H](O)[C@@H](O[C@@H]2[C@@H](O)[C@H](O[C@H]3O[C@H](CNCCOC(=O)c4ccccc4)CC[C@H]3NC(=O)OC(C)(C)C)[C@@H](NC(=O)OC(C)(C)C)C[C@H]2NC(=O)C(O)CCNC(=O)OC(C)(C)C)OC[C@]1(C)O. The van der Waals surface area contributed by atoms with Crippen LogP contribution in [0.25, 0.3) is 0 Å². The van der Waals surface area contributed by atoms with Crippen LogP contribution in [0, 0.1) is 0 Å². The average Bonchev–Trinajstić information content (AvgIpc) is 3.29. The third-order valence-electron chi connectivity index (χ3n) is 12.0. The summed E-state index contributed by atoms with van der Waals surface area (Å²) in [6.45, 7) is 21.2. The number of nitrogens with zero attached hydrogens (tertiary/aromatic N) is 1. The lowest BCUT2D eigenvalue weighted by Gasteiger charge is -2.51. The molecule has 3 aliphatic rings. The van der Waals surface area contributed by atoms with Crippen LogP contribution in [-0.4, -0.2) is 202 Å². The molecule has 2 heterocycles. The fourth-order valence-electron chi connectivity index (χ4n) is 8.76. The van der Waals surface area contributed by atoms with E-state index in [1.165, 1.54) is 6.92 Å². The van der Waals surface area contributed by atoms with Gasteiger partial charge in [-0.1, -0.05) is 18.2 Å². The van der Waals surface area contributed by atoms with Crippen LogP contribution in [0.3, 0.4) is 0 Å². The van der Waals surface area contributed by atoms with Gasteiger partial charge in [0.05, 0.1) is 36.4 Å². The van der Waals surface area contributed by atoms with Gasteiger partial charge in [0.2, 0.25) is 11.8 Å². The molecule has 0 spiro atoms. The fourth-order valence-corrected chi connectivity index (χ4v) is 8.76. The van der Waals surface area contributed by atoms with Gasteiger partial charge in [-0.15, -0.1) is 0 Å². The summed E-state index contributed by atoms with van der Waals surface area (Å²) in [6.07, 6.45) is -17.1. The number of hydrogen-bond donors (Lipinski definition) is 9. The number of esters is 1. The van der Waals surface area contributed by atoms with E-state index < -0.39 is 150 Å². The third kappa shape index (κ3) is 21.5. The minimum absolute atomic E-state index is 0.0139. The summed E-state index contributed by atoms with van der Waals surface area (Å²) >= 11 is 0. The van der Waals surface area contributed by atoms with Gasteiger partial charge in [-0.25, -0.2) is 28.9 Å². The third-order valence-corrected chi connectivity index (χ3v) is 12.0. The molecule has 1 aliphatic carbocycles. The maximum Gasteiger partial charge on any atom is 0.417 e. The van der Waals surface area contributed by atoms with Crippen molar-refractivity contribution < 1.29 is 96.6 Å². The van der Waals surface area contributed by atoms with E-state index in [2.05, 4.69) is 26.6 Å². The van der Waals surface area contributed by atoms with Crippen molar-refractivity contribution in [1.82, 2.24) is 31.5 Å². The van der Waals surface area contributed by atoms with Crippen LogP contribution in [0.1, 0.15) is 133 Å². The minimum Gasteiger partial charge on any atom is -0.461 e. The Kier molecular flexibility index (Phi) is 23.3. The molecule has 1 saturated carbocycles. The van der Waals surface area contributed by atoms with E-state index in [0.29, 0.717) is 16.9 Å². The topological polar surface area (TPSA) is 347 Å². The van der Waals surface area contributed by atoms with E-state index in [1.807, 2.05) is 0 Å². The smallest absolute Gasteiger partial charge is 0.417 e. The second-order valence-corrected chi connectivity index (χ2v) is 24.0. The Morgan fingerprint density at radius 2 is 1.24 bits per heavy atom. The largest absolute Gasteiger partial charge is 0.461 e. The van der Waals surface area contributed by atoms with Crippen LogP contribution in [0.4, 0.5) is 19.2 Å². The molecule has 0 bridgehead atoms. The highest BCUT2D eigenvalue weighted by molar-refractivity contribution is 5.91. The van der Waals surface area contributed by atoms with E-state index in [4.69, 9.17) is 42.6 Å². The van der Waals surface area contributed by atoms with Crippen LogP contribution in [0.5, 0.6) is 0 Å². The molecule has 3 fully saturated rings. The Bertz CT molecular complexity index is 2210. The number of rotatable bonds is 18. The maximum atomic E-state index is 13.9. The average molecular weight is 1130 g/mol. The van der Waals surface area contributed by atoms with Gasteiger partial charge in [0.25, 0.3) is 0 Å². The molecule has 1 unspecified atom stereocenters. The van der Waals surface area contributed by atoms with E-state index in [0.717, 1.165) is 6.92 Å². The molecule has 1 aromatic carbocycles. The summed E-state index contributed by atoms with van der Waals surface area (Å²) in [5, 5.41) is 61.3. The van der Waals surface area contributed by atoms with Gasteiger partial charge in [-0.05, 0) is 128 Å². The number of nitrogens with one attached hydrogen (secondary N) is 5. The van der Waals surface area contributed by atoms with Crippen LogP contribution < -0.4 is 26.6 Å². The molecule has 26 heteroatoms. The van der Waals surface area contributed by atoms with Gasteiger partial charge in [0.15, 0.2) is 12.6 Å². The second kappa shape index (κ2) is 27.8. The van der Waals surface area contributed by atoms with E-state index >= 15 is 0 Å². The van der Waals surface area contributed by atoms with Crippen molar-refractivity contribution >= 4 is 42.2 Å². The number of carbonyl (C=O) groups is 7. The lowest BCUT2D eigenvalue weighted by molar-refractivity contribution is -0.314. The molecule has 448 valence electrons. The van der Waals surface area contributed by atoms with Crippen LogP contribution in [0.2, 0.25) is 0 Å². The highest BCUT2D eigenvalue weighted by Gasteiger charge is 2.56. The number of aliphatic hydroxyl groups is 4. The van der Waals surface area contributed by atoms with Gasteiger partial charge < -0.3 is 89.6 Å². The first-order valence-electron chi connectivity index (χ1n) is 26.5. The zero-order valence-electron chi connectivity index (χ0n) is 47.9. The van der Waals surface area contributed by atoms with E-state index in [1.54, 1.807) is 113 Å². The number of alkyl carbamates (subject to hydrolysis) is 3. The maximum absolute atomic E-state index is 13.9. The molecule has 9 N–H and O–H groups in total. The molecule has 79 heavy (non-hydrogen) atoms. The zero-order chi connectivity index (χ0) is 59.4. The van der Waals surface area contributed by atoms with Gasteiger partial charge in [0, 0.05) is 26.6 Å². The Balaban J connectivity index is 1.74. The number of aliphatic hydroxyl groups excluding tert-OH is 3. The quantitative estimate of drug-likeness (QED) is 0.0579. The standard InChI is InChI=1S/C53H86N6O20/c1-29(60)59(48(69)79-52(11,12)13)40-37(63)44(72-28-53(40,14)70)75-38-33(56-41(64)35(61)22-23-55-45(66)76-49(2,3)4)26-34(58-47(68)78-51(8,9)10)39(36(38)62)74-43-32(57-46(67)77-50(5,6)7)21-20-31(73-43)27-54-24-25-71-42(65)30-18-16-15-17-19-30/h15-19,31-40,43-44,54,61-63,70H,20-28H2,1-14H3,(H,55,66)(H,56,64)(H,57,67)(H,58,68)/t31-,32+,33+,34-,35?,36+,37+,38-,39+,40+,43+,44+,53-/m0/s1. The molecule has 4 rings (SSSR count). The number of benzene rings is 1. The molecule has 6 amide bonds. The first kappa shape index (κ1) is 66.1. The zero-order valence-corrected chi connectivity index (χ0v) is 47.9. The molecule has 2 aliphatic heterocycles. The second-order valence-electron chi connectivity index (χ2n) is 24.0. The minimum atomic E-state index is -2.13. The van der Waals surface area contributed by atoms with Crippen molar-refractivity contribution in [2.75, 3.05) is 32.8 Å². The molecule has 0 radical (unpaired) electrons. The van der Waals surface area contributed by atoms with Gasteiger partial charge in [-0.3, -0.25) is 9.59 Å². The summed E-state index contributed by atoms with van der Waals surface area (Å²) < 4.78 is 52.7. The van der Waals surface area contributed by atoms with Crippen molar-refractivity contribution in [3.8, 4) is 0 Å². The number of carbonyl (C=O) groups excluding carboxylic acids is 7. The van der Waals surface area contributed by atoms with Gasteiger partial charge in [-0.2, -0.15) is 0 Å². The number of amides is 6. The highest BCUT2D eigenvalue weighted by atomic mass is 16.7. The van der Waals surface area contributed by atoms with Crippen molar-refractivity contribution in [3.05, 3.63) is 35.9 Å². The van der Waals surface area contributed by atoms with E-state index in [9.17, 15) is 54.0 Å². The Morgan fingerprint density at radius 1 is 0.709 bits per heavy atom. The van der Waals surface area contributed by atoms with E-state index in [-0.39, 0.29) is 45.5 Å². The number of imide groups is 1. The van der Waals surface area contributed by atoms with Gasteiger partial charge >= 0.3 is 30.3 Å². The normalized spacial score (nSPS) is 27.9. The molecule has 0 aromatic heterocycles.